The van der Waals surface area contributed by atoms with E-state index in [4.69, 9.17) is 0 Å². The van der Waals surface area contributed by atoms with E-state index < -0.39 is 4.92 Å². The van der Waals surface area contributed by atoms with Crippen LogP contribution in [-0.4, -0.2) is 30.5 Å². The van der Waals surface area contributed by atoms with Gasteiger partial charge in [-0.2, -0.15) is 5.10 Å². The Morgan fingerprint density at radius 2 is 1.94 bits per heavy atom. The van der Waals surface area contributed by atoms with Gasteiger partial charge in [-0.1, -0.05) is 6.42 Å². The molecule has 0 unspecified atom stereocenters. The second-order valence-electron chi connectivity index (χ2n) is 8.47. The number of benzene rings is 1. The molecular formula is C23H22FN5O3. The fourth-order valence-corrected chi connectivity index (χ4v) is 4.25. The summed E-state index contributed by atoms with van der Waals surface area (Å²) in [7, 11) is 0. The summed E-state index contributed by atoms with van der Waals surface area (Å²) in [6, 6.07) is 8.56. The molecule has 32 heavy (non-hydrogen) atoms. The molecule has 164 valence electrons. The molecule has 0 N–H and O–H groups in total. The minimum Gasteiger partial charge on any atom is -0.332 e. The van der Waals surface area contributed by atoms with Gasteiger partial charge in [-0.25, -0.2) is 9.37 Å². The first-order valence-corrected chi connectivity index (χ1v) is 10.7. The lowest BCUT2D eigenvalue weighted by molar-refractivity contribution is -0.385. The number of hydrogen-bond acceptors (Lipinski definition) is 5. The van der Waals surface area contributed by atoms with Crippen molar-refractivity contribution in [2.24, 2.45) is 5.92 Å². The van der Waals surface area contributed by atoms with Crippen LogP contribution in [0.4, 0.5) is 10.1 Å². The third-order valence-electron chi connectivity index (χ3n) is 6.25. The van der Waals surface area contributed by atoms with Gasteiger partial charge < -0.3 is 4.90 Å². The van der Waals surface area contributed by atoms with E-state index in [1.165, 1.54) is 43.5 Å². The molecule has 3 aromatic rings. The van der Waals surface area contributed by atoms with Crippen LogP contribution in [0.1, 0.15) is 36.2 Å². The largest absolute Gasteiger partial charge is 0.332 e. The molecule has 1 aromatic carbocycles. The van der Waals surface area contributed by atoms with Crippen LogP contribution in [0.3, 0.4) is 0 Å². The van der Waals surface area contributed by atoms with Crippen LogP contribution in [0.25, 0.3) is 11.3 Å². The number of nitrogens with zero attached hydrogens (tertiary/aromatic N) is 5. The molecule has 3 heterocycles. The lowest BCUT2D eigenvalue weighted by Crippen LogP contribution is -2.28. The van der Waals surface area contributed by atoms with Gasteiger partial charge in [0.1, 0.15) is 11.5 Å². The summed E-state index contributed by atoms with van der Waals surface area (Å²) in [4.78, 5) is 29.9. The maximum Gasteiger partial charge on any atom is 0.291 e. The Labute approximate surface area is 183 Å². The van der Waals surface area contributed by atoms with Crippen molar-refractivity contribution in [3.63, 3.8) is 0 Å². The highest BCUT2D eigenvalue weighted by atomic mass is 19.1. The van der Waals surface area contributed by atoms with Gasteiger partial charge in [0.2, 0.25) is 5.91 Å². The molecule has 1 amide bonds. The molecule has 1 saturated carbocycles. The fourth-order valence-electron chi connectivity index (χ4n) is 4.25. The Hall–Kier alpha value is -3.62. The molecule has 1 fully saturated rings. The number of carbonyl (C=O) groups is 1. The smallest absolute Gasteiger partial charge is 0.291 e. The third kappa shape index (κ3) is 3.98. The molecule has 9 heteroatoms. The average molecular weight is 435 g/mol. The first-order chi connectivity index (χ1) is 15.5. The summed E-state index contributed by atoms with van der Waals surface area (Å²) in [6.45, 7) is 1.77. The molecule has 0 bridgehead atoms. The van der Waals surface area contributed by atoms with Gasteiger partial charge in [0.05, 0.1) is 29.3 Å². The van der Waals surface area contributed by atoms with E-state index in [9.17, 15) is 19.3 Å². The highest BCUT2D eigenvalue weighted by Gasteiger charge is 2.29. The maximum atomic E-state index is 13.2. The number of carbonyl (C=O) groups excluding carboxylic acids is 1. The monoisotopic (exact) mass is 435 g/mol. The van der Waals surface area contributed by atoms with Crippen molar-refractivity contribution in [1.82, 2.24) is 19.7 Å². The molecule has 1 aliphatic carbocycles. The van der Waals surface area contributed by atoms with Crippen molar-refractivity contribution in [2.45, 2.75) is 45.3 Å². The Balaban J connectivity index is 1.31. The van der Waals surface area contributed by atoms with Crippen LogP contribution in [0.2, 0.25) is 0 Å². The Morgan fingerprint density at radius 1 is 1.16 bits per heavy atom. The van der Waals surface area contributed by atoms with Crippen molar-refractivity contribution in [2.75, 3.05) is 0 Å². The van der Waals surface area contributed by atoms with Gasteiger partial charge >= 0.3 is 0 Å². The third-order valence-corrected chi connectivity index (χ3v) is 6.25. The number of hydrogen-bond donors (Lipinski definition) is 0. The zero-order chi connectivity index (χ0) is 22.2. The van der Waals surface area contributed by atoms with Crippen molar-refractivity contribution in [1.29, 1.82) is 0 Å². The lowest BCUT2D eigenvalue weighted by atomic mass is 9.85. The summed E-state index contributed by atoms with van der Waals surface area (Å²) >= 11 is 0. The zero-order valence-electron chi connectivity index (χ0n) is 17.4. The molecule has 0 atom stereocenters. The first kappa shape index (κ1) is 20.3. The second kappa shape index (κ2) is 8.14. The van der Waals surface area contributed by atoms with Gasteiger partial charge in [0, 0.05) is 36.5 Å². The minimum atomic E-state index is -0.534. The van der Waals surface area contributed by atoms with Gasteiger partial charge in [-0.15, -0.1) is 0 Å². The van der Waals surface area contributed by atoms with Crippen LogP contribution in [-0.2, 0) is 30.8 Å². The summed E-state index contributed by atoms with van der Waals surface area (Å²) in [5.74, 6) is 0.0854. The van der Waals surface area contributed by atoms with Crippen LogP contribution >= 0.6 is 0 Å². The number of fused-ring (bicyclic) bond motifs is 1. The standard InChI is InChI=1S/C23H22FN5O3/c24-18-6-4-16(5-7-18)19-8-9-22(29(31)32)20(25-19)10-23(30)27-12-17-13-28(26-21(17)14-27)11-15-2-1-3-15/h4-9,13,15H,1-3,10-12,14H2. The number of halogens is 1. The SMILES string of the molecule is O=C(Cc1nc(-c2ccc(F)cc2)ccc1[N+](=O)[O-])N1Cc2cn(CC3CCC3)nc2C1. The predicted octanol–water partition coefficient (Wildman–Crippen LogP) is 3.88. The number of amides is 1. The topological polar surface area (TPSA) is 94.2 Å². The number of pyridine rings is 1. The van der Waals surface area contributed by atoms with E-state index in [1.54, 1.807) is 17.0 Å². The molecule has 8 nitrogen and oxygen atoms in total. The van der Waals surface area contributed by atoms with Crippen molar-refractivity contribution in [3.05, 3.63) is 75.5 Å². The molecule has 0 spiro atoms. The van der Waals surface area contributed by atoms with E-state index >= 15 is 0 Å². The first-order valence-electron chi connectivity index (χ1n) is 10.7. The summed E-state index contributed by atoms with van der Waals surface area (Å²) in [5.41, 5.74) is 2.89. The molecular weight excluding hydrogens is 413 g/mol. The van der Waals surface area contributed by atoms with E-state index in [2.05, 4.69) is 10.1 Å². The number of nitro groups is 1. The second-order valence-corrected chi connectivity index (χ2v) is 8.47. The molecule has 2 aromatic heterocycles. The van der Waals surface area contributed by atoms with Crippen molar-refractivity contribution < 1.29 is 14.1 Å². The minimum absolute atomic E-state index is 0.0985. The molecule has 0 saturated heterocycles. The molecule has 1 aliphatic heterocycles. The zero-order valence-corrected chi connectivity index (χ0v) is 17.4. The van der Waals surface area contributed by atoms with Crippen LogP contribution in [0.15, 0.2) is 42.6 Å². The Kier molecular flexibility index (Phi) is 5.16. The number of rotatable bonds is 6. The van der Waals surface area contributed by atoms with Crippen LogP contribution in [0, 0.1) is 21.8 Å². The Bertz CT molecular complexity index is 1160. The Morgan fingerprint density at radius 3 is 2.59 bits per heavy atom. The van der Waals surface area contributed by atoms with Crippen molar-refractivity contribution in [3.8, 4) is 11.3 Å². The highest BCUT2D eigenvalue weighted by Crippen LogP contribution is 2.30. The quantitative estimate of drug-likeness (QED) is 0.433. The average Bonchev–Trinajstić information content (AvgIpc) is 3.30. The highest BCUT2D eigenvalue weighted by molar-refractivity contribution is 5.80. The molecule has 0 radical (unpaired) electrons. The van der Waals surface area contributed by atoms with Gasteiger partial charge in [-0.3, -0.25) is 19.6 Å². The fraction of sp³-hybridized carbons (Fsp3) is 0.348. The van der Waals surface area contributed by atoms with Gasteiger partial charge in [0.25, 0.3) is 5.69 Å². The van der Waals surface area contributed by atoms with Crippen LogP contribution in [0.5, 0.6) is 0 Å². The van der Waals surface area contributed by atoms with E-state index in [0.717, 1.165) is 17.8 Å². The van der Waals surface area contributed by atoms with Crippen molar-refractivity contribution >= 4 is 11.6 Å². The molecule has 5 rings (SSSR count). The summed E-state index contributed by atoms with van der Waals surface area (Å²) < 4.78 is 15.2. The number of aromatic nitrogens is 3. The normalized spacial score (nSPS) is 15.5. The molecule has 2 aliphatic rings. The summed E-state index contributed by atoms with van der Waals surface area (Å²) in [5, 5.41) is 16.1. The van der Waals surface area contributed by atoms with E-state index in [0.29, 0.717) is 30.3 Å². The summed E-state index contributed by atoms with van der Waals surface area (Å²) in [6.07, 6.45) is 5.61. The maximum absolute atomic E-state index is 13.2. The van der Waals surface area contributed by atoms with E-state index in [-0.39, 0.29) is 29.5 Å². The van der Waals surface area contributed by atoms with E-state index in [1.807, 2.05) is 10.9 Å². The predicted molar refractivity (Wildman–Crippen MR) is 114 cm³/mol. The lowest BCUT2D eigenvalue weighted by Gasteiger charge is -2.25. The van der Waals surface area contributed by atoms with Gasteiger partial charge in [-0.05, 0) is 49.1 Å². The van der Waals surface area contributed by atoms with Gasteiger partial charge in [0.15, 0.2) is 0 Å². The van der Waals surface area contributed by atoms with Crippen LogP contribution < -0.4 is 0 Å².